The summed E-state index contributed by atoms with van der Waals surface area (Å²) in [6, 6.07) is 4.92. The molecule has 2 fully saturated rings. The van der Waals surface area contributed by atoms with E-state index >= 15 is 0 Å². The molecule has 1 aliphatic carbocycles. The zero-order chi connectivity index (χ0) is 16.6. The van der Waals surface area contributed by atoms with Crippen molar-refractivity contribution in [2.75, 3.05) is 24.5 Å². The summed E-state index contributed by atoms with van der Waals surface area (Å²) >= 11 is 0. The molecular formula is C15H15F3N2O3. The van der Waals surface area contributed by atoms with Gasteiger partial charge in [-0.25, -0.2) is 0 Å². The molecule has 0 unspecified atom stereocenters. The fourth-order valence-corrected chi connectivity index (χ4v) is 2.50. The molecule has 0 radical (unpaired) electrons. The second kappa shape index (κ2) is 5.75. The SMILES string of the molecule is O=C1CN(c2ccc(OC(F)(F)F)cc2)C(=O)CN1CC1CC1. The van der Waals surface area contributed by atoms with E-state index in [0.717, 1.165) is 25.0 Å². The third kappa shape index (κ3) is 3.94. The number of carbonyl (C=O) groups excluding carboxylic acids is 2. The molecule has 3 rings (SSSR count). The minimum atomic E-state index is -4.76. The maximum absolute atomic E-state index is 12.2. The number of amides is 2. The normalized spacial score (nSPS) is 19.3. The number of carbonyl (C=O) groups is 2. The first-order chi connectivity index (χ1) is 10.8. The molecule has 0 spiro atoms. The molecule has 1 aliphatic heterocycles. The van der Waals surface area contributed by atoms with Crippen molar-refractivity contribution in [3.63, 3.8) is 0 Å². The highest BCUT2D eigenvalue weighted by molar-refractivity contribution is 6.04. The Labute approximate surface area is 130 Å². The summed E-state index contributed by atoms with van der Waals surface area (Å²) in [4.78, 5) is 27.1. The number of benzene rings is 1. The minimum Gasteiger partial charge on any atom is -0.406 e. The van der Waals surface area contributed by atoms with Crippen LogP contribution in [0.5, 0.6) is 5.75 Å². The summed E-state index contributed by atoms with van der Waals surface area (Å²) in [6.07, 6.45) is -2.59. The third-order valence-corrected chi connectivity index (χ3v) is 3.83. The predicted octanol–water partition coefficient (Wildman–Crippen LogP) is 2.17. The Bertz CT molecular complexity index is 611. The van der Waals surface area contributed by atoms with Gasteiger partial charge in [-0.3, -0.25) is 9.59 Å². The fraction of sp³-hybridized carbons (Fsp3) is 0.467. The average molecular weight is 328 g/mol. The van der Waals surface area contributed by atoms with Gasteiger partial charge in [-0.15, -0.1) is 13.2 Å². The molecule has 124 valence electrons. The molecule has 2 amide bonds. The van der Waals surface area contributed by atoms with Crippen LogP contribution in [0.2, 0.25) is 0 Å². The Morgan fingerprint density at radius 3 is 2.26 bits per heavy atom. The predicted molar refractivity (Wildman–Crippen MR) is 74.8 cm³/mol. The Morgan fingerprint density at radius 1 is 1.04 bits per heavy atom. The second-order valence-corrected chi connectivity index (χ2v) is 5.74. The van der Waals surface area contributed by atoms with Crippen LogP contribution in [0.1, 0.15) is 12.8 Å². The molecule has 2 aliphatic rings. The molecule has 1 saturated carbocycles. The highest BCUT2D eigenvalue weighted by Crippen LogP contribution is 2.31. The lowest BCUT2D eigenvalue weighted by molar-refractivity contribution is -0.274. The summed E-state index contributed by atoms with van der Waals surface area (Å²) < 4.78 is 40.2. The van der Waals surface area contributed by atoms with Crippen molar-refractivity contribution in [2.24, 2.45) is 5.92 Å². The molecule has 1 aromatic carbocycles. The van der Waals surface area contributed by atoms with Crippen molar-refractivity contribution < 1.29 is 27.5 Å². The van der Waals surface area contributed by atoms with Gasteiger partial charge >= 0.3 is 6.36 Å². The number of anilines is 1. The molecule has 1 saturated heterocycles. The van der Waals surface area contributed by atoms with E-state index in [2.05, 4.69) is 4.74 Å². The standard InChI is InChI=1S/C15H15F3N2O3/c16-15(17,18)23-12-5-3-11(4-6-12)20-9-13(21)19(8-14(20)22)7-10-1-2-10/h3-6,10H,1-2,7-9H2. The maximum Gasteiger partial charge on any atom is 0.573 e. The largest absolute Gasteiger partial charge is 0.573 e. The van der Waals surface area contributed by atoms with Crippen LogP contribution in [0, 0.1) is 5.92 Å². The van der Waals surface area contributed by atoms with Gasteiger partial charge in [0.25, 0.3) is 0 Å². The van der Waals surface area contributed by atoms with Gasteiger partial charge < -0.3 is 14.5 Å². The minimum absolute atomic E-state index is 0.0101. The quantitative estimate of drug-likeness (QED) is 0.851. The zero-order valence-corrected chi connectivity index (χ0v) is 12.2. The topological polar surface area (TPSA) is 49.9 Å². The third-order valence-electron chi connectivity index (χ3n) is 3.83. The molecule has 0 N–H and O–H groups in total. The number of nitrogens with zero attached hydrogens (tertiary/aromatic N) is 2. The Balaban J connectivity index is 1.66. The Hall–Kier alpha value is -2.25. The lowest BCUT2D eigenvalue weighted by atomic mass is 10.2. The van der Waals surface area contributed by atoms with Crippen molar-refractivity contribution in [1.29, 1.82) is 0 Å². The van der Waals surface area contributed by atoms with Gasteiger partial charge in [-0.1, -0.05) is 0 Å². The number of hydrogen-bond acceptors (Lipinski definition) is 3. The van der Waals surface area contributed by atoms with Crippen molar-refractivity contribution >= 4 is 17.5 Å². The van der Waals surface area contributed by atoms with Gasteiger partial charge in [0.05, 0.1) is 0 Å². The highest BCUT2D eigenvalue weighted by atomic mass is 19.4. The van der Waals surface area contributed by atoms with E-state index in [0.29, 0.717) is 18.2 Å². The number of hydrogen-bond donors (Lipinski definition) is 0. The van der Waals surface area contributed by atoms with Crippen molar-refractivity contribution in [1.82, 2.24) is 4.90 Å². The fourth-order valence-electron chi connectivity index (χ4n) is 2.50. The van der Waals surface area contributed by atoms with Crippen molar-refractivity contribution in [2.45, 2.75) is 19.2 Å². The molecule has 0 atom stereocenters. The lowest BCUT2D eigenvalue weighted by Gasteiger charge is -2.34. The van der Waals surface area contributed by atoms with Gasteiger partial charge in [0.2, 0.25) is 11.8 Å². The van der Waals surface area contributed by atoms with Crippen LogP contribution >= 0.6 is 0 Å². The average Bonchev–Trinajstić information content (AvgIpc) is 3.26. The second-order valence-electron chi connectivity index (χ2n) is 5.74. The van der Waals surface area contributed by atoms with Gasteiger partial charge in [0, 0.05) is 12.2 Å². The van der Waals surface area contributed by atoms with Gasteiger partial charge in [0.15, 0.2) is 0 Å². The van der Waals surface area contributed by atoms with E-state index in [1.54, 1.807) is 4.90 Å². The summed E-state index contributed by atoms with van der Waals surface area (Å²) in [5.41, 5.74) is 0.379. The van der Waals surface area contributed by atoms with Crippen LogP contribution in [0.4, 0.5) is 18.9 Å². The highest BCUT2D eigenvalue weighted by Gasteiger charge is 2.35. The van der Waals surface area contributed by atoms with Crippen LogP contribution in [-0.4, -0.2) is 42.7 Å². The summed E-state index contributed by atoms with van der Waals surface area (Å²) in [5, 5.41) is 0. The molecule has 1 heterocycles. The number of alkyl halides is 3. The Morgan fingerprint density at radius 2 is 1.70 bits per heavy atom. The van der Waals surface area contributed by atoms with E-state index in [9.17, 15) is 22.8 Å². The number of rotatable bonds is 4. The molecule has 1 aromatic rings. The first-order valence-electron chi connectivity index (χ1n) is 7.26. The lowest BCUT2D eigenvalue weighted by Crippen LogP contribution is -2.54. The van der Waals surface area contributed by atoms with Gasteiger partial charge in [-0.2, -0.15) is 0 Å². The molecule has 5 nitrogen and oxygen atoms in total. The van der Waals surface area contributed by atoms with Crippen molar-refractivity contribution in [3.8, 4) is 5.75 Å². The van der Waals surface area contributed by atoms with Crippen LogP contribution in [-0.2, 0) is 9.59 Å². The molecule has 23 heavy (non-hydrogen) atoms. The molecular weight excluding hydrogens is 313 g/mol. The summed E-state index contributed by atoms with van der Waals surface area (Å²) in [6.45, 7) is 0.526. The first kappa shape index (κ1) is 15.6. The Kier molecular flexibility index (Phi) is 3.91. The van der Waals surface area contributed by atoms with Gasteiger partial charge in [-0.05, 0) is 43.0 Å². The van der Waals surface area contributed by atoms with Crippen LogP contribution in [0.3, 0.4) is 0 Å². The molecule has 0 aromatic heterocycles. The van der Waals surface area contributed by atoms with Gasteiger partial charge in [0.1, 0.15) is 18.8 Å². The van der Waals surface area contributed by atoms with Crippen LogP contribution < -0.4 is 9.64 Å². The molecule has 8 heteroatoms. The van der Waals surface area contributed by atoms with Crippen LogP contribution in [0.15, 0.2) is 24.3 Å². The zero-order valence-electron chi connectivity index (χ0n) is 12.2. The number of piperazine rings is 1. The van der Waals surface area contributed by atoms with E-state index in [1.165, 1.54) is 17.0 Å². The molecule has 0 bridgehead atoms. The van der Waals surface area contributed by atoms with Crippen molar-refractivity contribution in [3.05, 3.63) is 24.3 Å². The monoisotopic (exact) mass is 328 g/mol. The van der Waals surface area contributed by atoms with E-state index in [4.69, 9.17) is 0 Å². The summed E-state index contributed by atoms with van der Waals surface area (Å²) in [5.74, 6) is -0.258. The maximum atomic E-state index is 12.2. The smallest absolute Gasteiger partial charge is 0.406 e. The van der Waals surface area contributed by atoms with E-state index < -0.39 is 6.36 Å². The number of ether oxygens (including phenoxy) is 1. The number of halogens is 3. The summed E-state index contributed by atoms with van der Waals surface area (Å²) in [7, 11) is 0. The van der Waals surface area contributed by atoms with E-state index in [-0.39, 0.29) is 30.7 Å². The van der Waals surface area contributed by atoms with E-state index in [1.807, 2.05) is 0 Å². The first-order valence-corrected chi connectivity index (χ1v) is 7.26. The van der Waals surface area contributed by atoms with Crippen LogP contribution in [0.25, 0.3) is 0 Å².